The van der Waals surface area contributed by atoms with Crippen LogP contribution in [0.2, 0.25) is 0 Å². The van der Waals surface area contributed by atoms with Crippen molar-refractivity contribution in [2.75, 3.05) is 27.4 Å². The molecule has 364 valence electrons. The van der Waals surface area contributed by atoms with Gasteiger partial charge in [0.05, 0.1) is 45.2 Å². The van der Waals surface area contributed by atoms with E-state index in [1.54, 1.807) is 12.1 Å². The van der Waals surface area contributed by atoms with Gasteiger partial charge in [-0.2, -0.15) is 0 Å². The van der Waals surface area contributed by atoms with Crippen LogP contribution in [0.5, 0.6) is 40.2 Å². The Kier molecular flexibility index (Phi) is 15.2. The predicted molar refractivity (Wildman–Crippen MR) is 224 cm³/mol. The number of methoxy groups -OCH3 is 2. The fourth-order valence-electron chi connectivity index (χ4n) is 7.57. The molecule has 0 radical (unpaired) electrons. The molecule has 3 aromatic carbocycles. The van der Waals surface area contributed by atoms with Gasteiger partial charge >= 0.3 is 17.3 Å². The van der Waals surface area contributed by atoms with Crippen LogP contribution in [0.1, 0.15) is 12.5 Å². The molecular weight excluding hydrogens is 896 g/mol. The Labute approximate surface area is 379 Å². The smallest absolute Gasteiger partial charge is 0.402 e. The van der Waals surface area contributed by atoms with Crippen molar-refractivity contribution in [1.82, 2.24) is 0 Å². The van der Waals surface area contributed by atoms with E-state index < -0.39 is 117 Å². The van der Waals surface area contributed by atoms with Gasteiger partial charge in [-0.25, -0.2) is 9.21 Å². The van der Waals surface area contributed by atoms with Crippen LogP contribution in [-0.4, -0.2) is 187 Å². The van der Waals surface area contributed by atoms with Crippen molar-refractivity contribution >= 4 is 23.0 Å². The average Bonchev–Trinajstić information content (AvgIpc) is 3.31. The van der Waals surface area contributed by atoms with E-state index >= 15 is 0 Å². The fourth-order valence-corrected chi connectivity index (χ4v) is 7.57. The van der Waals surface area contributed by atoms with E-state index in [1.807, 2.05) is 0 Å². The number of ether oxygens (including phenoxy) is 9. The number of phenolic OH excluding ortho intramolecular Hbond substituents is 3. The minimum Gasteiger partial charge on any atom is -0.508 e. The normalized spacial score (nSPS) is 32.2. The van der Waals surface area contributed by atoms with E-state index in [0.29, 0.717) is 5.56 Å². The zero-order chi connectivity index (χ0) is 48.4. The minimum atomic E-state index is -1.99. The van der Waals surface area contributed by atoms with E-state index in [9.17, 15) is 66.1 Å². The zero-order valence-electron chi connectivity index (χ0n) is 35.8. The van der Waals surface area contributed by atoms with E-state index in [-0.39, 0.29) is 56.8 Å². The van der Waals surface area contributed by atoms with Crippen molar-refractivity contribution < 1.29 is 113 Å². The van der Waals surface area contributed by atoms with Gasteiger partial charge in [-0.15, -0.1) is 0 Å². The Hall–Kier alpha value is -5.64. The van der Waals surface area contributed by atoms with Gasteiger partial charge in [0, 0.05) is 30.3 Å². The first-order valence-corrected chi connectivity index (χ1v) is 20.7. The van der Waals surface area contributed by atoms with Gasteiger partial charge in [-0.1, -0.05) is 12.1 Å². The molecule has 15 atom stereocenters. The summed E-state index contributed by atoms with van der Waals surface area (Å²) in [6.45, 7) is 0.00727. The highest BCUT2D eigenvalue weighted by Crippen LogP contribution is 2.46. The van der Waals surface area contributed by atoms with E-state index in [0.717, 1.165) is 12.1 Å². The number of carbonyl (C=O) groups is 1. The van der Waals surface area contributed by atoms with Crippen LogP contribution in [-0.2, 0) is 28.5 Å². The number of hydrogen-bond donors (Lipinski definition) is 12. The standard InChI is InChI=1S/C44H50O23/c1-17-40(67-30(48)9-6-18-4-7-20(46)8-5-18)36(54)39(57)42(61-17)60-16-29-33(51)35(53)38(56)44(66-29)64-27-14-22-23(62-41(27)19-10-25(58-2)31(49)26(11-19)59-3)12-21(47)13-24(22)63-43-37(55)34(52)32(50)28(15-45)65-43/h4-14,17,28-29,32-40,42-45,50-57H,15-16H2,1-3H3,(H2-,46,47,48,49)/p+1. The van der Waals surface area contributed by atoms with Gasteiger partial charge in [-0.3, -0.25) is 0 Å². The van der Waals surface area contributed by atoms with Gasteiger partial charge in [0.25, 0.3) is 0 Å². The van der Waals surface area contributed by atoms with Crippen molar-refractivity contribution in [3.05, 3.63) is 66.2 Å². The van der Waals surface area contributed by atoms with E-state index in [1.165, 1.54) is 63.6 Å². The number of hydrogen-bond acceptors (Lipinski definition) is 22. The summed E-state index contributed by atoms with van der Waals surface area (Å²) in [4.78, 5) is 12.6. The van der Waals surface area contributed by atoms with Crippen molar-refractivity contribution in [1.29, 1.82) is 0 Å². The molecule has 4 heterocycles. The molecule has 67 heavy (non-hydrogen) atoms. The molecule has 0 aliphatic carbocycles. The summed E-state index contributed by atoms with van der Waals surface area (Å²) >= 11 is 0. The van der Waals surface area contributed by atoms with Crippen LogP contribution in [0.15, 0.2) is 65.1 Å². The second-order valence-corrected chi connectivity index (χ2v) is 15.8. The maximum Gasteiger partial charge on any atom is 0.402 e. The van der Waals surface area contributed by atoms with E-state index in [4.69, 9.17) is 47.0 Å². The maximum atomic E-state index is 12.6. The molecule has 1 aromatic heterocycles. The van der Waals surface area contributed by atoms with Crippen LogP contribution in [0.3, 0.4) is 0 Å². The summed E-state index contributed by atoms with van der Waals surface area (Å²) in [5.41, 5.74) is 0.544. The highest BCUT2D eigenvalue weighted by Gasteiger charge is 2.50. The summed E-state index contributed by atoms with van der Waals surface area (Å²) in [5, 5.41) is 127. The molecule has 3 aliphatic heterocycles. The number of aliphatic hydroxyl groups excluding tert-OH is 9. The molecule has 23 nitrogen and oxygen atoms in total. The number of rotatable bonds is 14. The molecule has 0 saturated carbocycles. The third kappa shape index (κ3) is 10.4. The van der Waals surface area contributed by atoms with E-state index in [2.05, 4.69) is 0 Å². The third-order valence-corrected chi connectivity index (χ3v) is 11.3. The number of aromatic hydroxyl groups is 3. The summed E-state index contributed by atoms with van der Waals surface area (Å²) in [6.07, 6.45) is -22.8. The van der Waals surface area contributed by atoms with Gasteiger partial charge in [0.2, 0.25) is 24.1 Å². The van der Waals surface area contributed by atoms with Crippen molar-refractivity contribution in [3.8, 4) is 51.6 Å². The Bertz CT molecular complexity index is 2350. The Morgan fingerprint density at radius 2 is 1.24 bits per heavy atom. The molecule has 0 amide bonds. The summed E-state index contributed by atoms with van der Waals surface area (Å²) in [6, 6.07) is 12.1. The first kappa shape index (κ1) is 49.3. The fraction of sp³-hybridized carbons (Fsp3) is 0.455. The van der Waals surface area contributed by atoms with Crippen molar-refractivity contribution in [3.63, 3.8) is 0 Å². The topological polar surface area (TPSA) is 354 Å². The molecule has 3 fully saturated rings. The monoisotopic (exact) mass is 947 g/mol. The second kappa shape index (κ2) is 20.7. The van der Waals surface area contributed by atoms with Gasteiger partial charge in [0.15, 0.2) is 23.9 Å². The predicted octanol–water partition coefficient (Wildman–Crippen LogP) is -1.01. The Balaban J connectivity index is 1.14. The van der Waals surface area contributed by atoms with Gasteiger partial charge in [-0.05, 0) is 30.7 Å². The lowest BCUT2D eigenvalue weighted by Crippen LogP contribution is -2.62. The summed E-state index contributed by atoms with van der Waals surface area (Å²) in [5.74, 6) is -2.64. The Morgan fingerprint density at radius 1 is 0.657 bits per heavy atom. The average molecular weight is 948 g/mol. The molecular formula is C44H51O23+. The van der Waals surface area contributed by atoms with Gasteiger partial charge in [0.1, 0.15) is 83.7 Å². The van der Waals surface area contributed by atoms with Crippen LogP contribution < -0.4 is 18.9 Å². The van der Waals surface area contributed by atoms with Crippen LogP contribution >= 0.6 is 0 Å². The highest BCUT2D eigenvalue weighted by molar-refractivity contribution is 5.89. The number of benzene rings is 3. The summed E-state index contributed by atoms with van der Waals surface area (Å²) in [7, 11) is 2.53. The molecule has 0 spiro atoms. The Morgan fingerprint density at radius 3 is 1.85 bits per heavy atom. The van der Waals surface area contributed by atoms with Crippen LogP contribution in [0.25, 0.3) is 28.4 Å². The molecule has 7 rings (SSSR count). The first-order chi connectivity index (χ1) is 31.9. The lowest BCUT2D eigenvalue weighted by atomic mass is 9.98. The third-order valence-electron chi connectivity index (χ3n) is 11.3. The number of carbonyl (C=O) groups excluding carboxylic acids is 1. The maximum absolute atomic E-state index is 12.6. The lowest BCUT2D eigenvalue weighted by Gasteiger charge is -2.42. The molecule has 3 saturated heterocycles. The number of phenols is 3. The SMILES string of the molecule is COc1cc(-c2[o+]c3cc(O)cc(OC4OC(CO)C(O)C(O)C4O)c3cc2OC2OC(COC3OC(C)C(OC(=O)C=Cc4ccc(O)cc4)C(O)C3O)C(O)C(O)C2O)cc(OC)c1O. The van der Waals surface area contributed by atoms with Crippen LogP contribution in [0.4, 0.5) is 0 Å². The van der Waals surface area contributed by atoms with Crippen LogP contribution in [0, 0.1) is 0 Å². The lowest BCUT2D eigenvalue weighted by molar-refractivity contribution is -0.319. The zero-order valence-corrected chi connectivity index (χ0v) is 35.8. The summed E-state index contributed by atoms with van der Waals surface area (Å²) < 4.78 is 57.1. The number of esters is 1. The quantitative estimate of drug-likeness (QED) is 0.0409. The van der Waals surface area contributed by atoms with Crippen molar-refractivity contribution in [2.24, 2.45) is 0 Å². The molecule has 15 unspecified atom stereocenters. The number of fused-ring (bicyclic) bond motifs is 1. The second-order valence-electron chi connectivity index (χ2n) is 15.8. The molecule has 12 N–H and O–H groups in total. The van der Waals surface area contributed by atoms with Crippen molar-refractivity contribution in [2.45, 2.75) is 99.0 Å². The van der Waals surface area contributed by atoms with Gasteiger partial charge < -0.3 is 104 Å². The first-order valence-electron chi connectivity index (χ1n) is 20.7. The number of aliphatic hydroxyl groups is 9. The highest BCUT2D eigenvalue weighted by atomic mass is 16.7. The molecule has 4 aromatic rings. The minimum absolute atomic E-state index is 0.0227. The molecule has 0 bridgehead atoms. The molecule has 3 aliphatic rings. The molecule has 23 heteroatoms. The largest absolute Gasteiger partial charge is 0.508 e.